The molecular weight excluding hydrogens is 476 g/mol. The number of nitrogens with zero attached hydrogens (tertiary/aromatic N) is 3. The maximum absolute atomic E-state index is 5.26. The van der Waals surface area contributed by atoms with Crippen LogP contribution in [0.15, 0.2) is 41.5 Å². The van der Waals surface area contributed by atoms with Crippen LogP contribution in [0.3, 0.4) is 0 Å². The maximum atomic E-state index is 5.26. The predicted molar refractivity (Wildman–Crippen MR) is 77.7 cm³/mol. The molecule has 0 fully saturated rings. The molecule has 0 unspecified atom stereocenters. The average molecular weight is 492 g/mol. The van der Waals surface area contributed by atoms with E-state index >= 15 is 0 Å². The molecule has 5 heteroatoms. The molecule has 2 rings (SSSR count). The van der Waals surface area contributed by atoms with E-state index in [4.69, 9.17) is 4.74 Å². The van der Waals surface area contributed by atoms with Crippen LogP contribution < -0.4 is 0 Å². The van der Waals surface area contributed by atoms with E-state index in [1.165, 1.54) is 0 Å². The van der Waals surface area contributed by atoms with Crippen LogP contribution in [0.4, 0.5) is 0 Å². The number of allylic oxidation sites excluding steroid dienone is 3. The summed E-state index contributed by atoms with van der Waals surface area (Å²) in [6.45, 7) is 5.44. The van der Waals surface area contributed by atoms with Gasteiger partial charge in [-0.2, -0.15) is 6.08 Å². The first-order chi connectivity index (χ1) is 9.22. The van der Waals surface area contributed by atoms with Crippen LogP contribution in [-0.4, -0.2) is 23.4 Å². The summed E-state index contributed by atoms with van der Waals surface area (Å²) in [6.07, 6.45) is 8.60. The molecule has 102 valence electrons. The molecule has 0 aliphatic rings. The molecule has 20 heavy (non-hydrogen) atoms. The SMILES string of the molecule is C=N/C(OC)=C(\[C-]=CC)c1cc2ccncc2n1C.[U]. The van der Waals surface area contributed by atoms with Crippen molar-refractivity contribution in [1.82, 2.24) is 9.55 Å². The van der Waals surface area contributed by atoms with Gasteiger partial charge in [0.2, 0.25) is 0 Å². The Kier molecular flexibility index (Phi) is 6.25. The van der Waals surface area contributed by atoms with Gasteiger partial charge in [-0.15, -0.1) is 11.6 Å². The Labute approximate surface area is 142 Å². The molecule has 0 aliphatic heterocycles. The zero-order valence-corrected chi connectivity index (χ0v) is 16.0. The van der Waals surface area contributed by atoms with Gasteiger partial charge in [0.05, 0.1) is 18.8 Å². The third-order valence-electron chi connectivity index (χ3n) is 2.94. The van der Waals surface area contributed by atoms with Crippen molar-refractivity contribution in [1.29, 1.82) is 0 Å². The van der Waals surface area contributed by atoms with Gasteiger partial charge in [-0.05, 0) is 25.2 Å². The minimum atomic E-state index is 0. The van der Waals surface area contributed by atoms with Crippen LogP contribution in [0.1, 0.15) is 12.6 Å². The van der Waals surface area contributed by atoms with E-state index < -0.39 is 0 Å². The summed E-state index contributed by atoms with van der Waals surface area (Å²) in [5.74, 6) is 0.456. The molecule has 0 saturated carbocycles. The fraction of sp³-hybridized carbons (Fsp3) is 0.200. The summed E-state index contributed by atoms with van der Waals surface area (Å²) in [4.78, 5) is 8.05. The van der Waals surface area contributed by atoms with Gasteiger partial charge >= 0.3 is 0 Å². The van der Waals surface area contributed by atoms with Gasteiger partial charge in [-0.1, -0.05) is 18.7 Å². The quantitative estimate of drug-likeness (QED) is 0.285. The van der Waals surface area contributed by atoms with Crippen molar-refractivity contribution in [2.45, 2.75) is 6.92 Å². The Morgan fingerprint density at radius 2 is 2.30 bits per heavy atom. The third-order valence-corrected chi connectivity index (χ3v) is 2.94. The molecule has 2 heterocycles. The van der Waals surface area contributed by atoms with Crippen molar-refractivity contribution in [3.63, 3.8) is 0 Å². The Bertz CT molecular complexity index is 671. The monoisotopic (exact) mass is 492 g/mol. The molecule has 0 aromatic carbocycles. The number of rotatable bonds is 4. The maximum Gasteiger partial charge on any atom is 0.105 e. The topological polar surface area (TPSA) is 39.4 Å². The fourth-order valence-corrected chi connectivity index (χ4v) is 2.05. The van der Waals surface area contributed by atoms with Crippen LogP contribution in [0.5, 0.6) is 0 Å². The van der Waals surface area contributed by atoms with Gasteiger partial charge in [0, 0.05) is 37.3 Å². The van der Waals surface area contributed by atoms with Gasteiger partial charge in [0.15, 0.2) is 0 Å². The first kappa shape index (κ1) is 16.7. The molecular formula is C15H16N3OU-. The number of aryl methyl sites for hydroxylation is 1. The van der Waals surface area contributed by atoms with E-state index in [0.29, 0.717) is 5.88 Å². The van der Waals surface area contributed by atoms with E-state index in [2.05, 4.69) is 28.8 Å². The van der Waals surface area contributed by atoms with Crippen LogP contribution in [0, 0.1) is 37.2 Å². The Morgan fingerprint density at radius 1 is 1.55 bits per heavy atom. The van der Waals surface area contributed by atoms with E-state index in [-0.39, 0.29) is 31.1 Å². The average Bonchev–Trinajstić information content (AvgIpc) is 2.77. The number of fused-ring (bicyclic) bond motifs is 1. The second kappa shape index (κ2) is 7.47. The smallest absolute Gasteiger partial charge is 0.105 e. The number of methoxy groups -OCH3 is 1. The minimum Gasteiger partial charge on any atom is -0.537 e. The number of hydrogen-bond donors (Lipinski definition) is 0. The molecule has 0 spiro atoms. The molecule has 0 aliphatic carbocycles. The number of aromatic nitrogens is 2. The second-order valence-corrected chi connectivity index (χ2v) is 4.00. The number of ether oxygens (including phenoxy) is 1. The first-order valence-electron chi connectivity index (χ1n) is 5.92. The van der Waals surface area contributed by atoms with Crippen molar-refractivity contribution in [2.24, 2.45) is 12.0 Å². The van der Waals surface area contributed by atoms with Crippen LogP contribution in [-0.2, 0) is 11.8 Å². The fourth-order valence-electron chi connectivity index (χ4n) is 2.05. The Hall–Kier alpha value is -1.31. The van der Waals surface area contributed by atoms with Crippen molar-refractivity contribution in [2.75, 3.05) is 7.11 Å². The third kappa shape index (κ3) is 3.05. The van der Waals surface area contributed by atoms with E-state index in [1.807, 2.05) is 36.9 Å². The number of aliphatic imine (C=N–C) groups is 1. The molecule has 0 saturated heterocycles. The van der Waals surface area contributed by atoms with Crippen LogP contribution in [0.2, 0.25) is 0 Å². The van der Waals surface area contributed by atoms with Crippen molar-refractivity contribution in [3.05, 3.63) is 48.3 Å². The first-order valence-corrected chi connectivity index (χ1v) is 5.92. The Balaban J connectivity index is 0.00000200. The van der Waals surface area contributed by atoms with Crippen LogP contribution >= 0.6 is 0 Å². The van der Waals surface area contributed by atoms with Crippen molar-refractivity contribution >= 4 is 23.2 Å². The summed E-state index contributed by atoms with van der Waals surface area (Å²) < 4.78 is 7.30. The largest absolute Gasteiger partial charge is 0.537 e. The number of pyridine rings is 1. The standard InChI is InChI=1S/C15H16N3O.U/c1-5-6-12(15(16-2)19-4)13-9-11-7-8-17-10-14(11)18(13)3;/h5,7-10H,2H2,1,3-4H3;/q-1;/b15-12-;. The molecule has 0 radical (unpaired) electrons. The van der Waals surface area contributed by atoms with Gasteiger partial charge in [-0.3, -0.25) is 9.98 Å². The zero-order chi connectivity index (χ0) is 13.8. The summed E-state index contributed by atoms with van der Waals surface area (Å²) in [7, 11) is 3.55. The predicted octanol–water partition coefficient (Wildman–Crippen LogP) is 2.97. The molecule has 0 bridgehead atoms. The molecule has 4 nitrogen and oxygen atoms in total. The van der Waals surface area contributed by atoms with Gasteiger partial charge in [0.25, 0.3) is 0 Å². The Morgan fingerprint density at radius 3 is 2.85 bits per heavy atom. The van der Waals surface area contributed by atoms with Crippen LogP contribution in [0.25, 0.3) is 16.5 Å². The summed E-state index contributed by atoms with van der Waals surface area (Å²) in [5, 5.41) is 1.11. The zero-order valence-electron chi connectivity index (χ0n) is 11.8. The molecule has 2 aromatic heterocycles. The van der Waals surface area contributed by atoms with E-state index in [0.717, 1.165) is 22.2 Å². The summed E-state index contributed by atoms with van der Waals surface area (Å²) in [6, 6.07) is 4.03. The molecule has 0 amide bonds. The van der Waals surface area contributed by atoms with Gasteiger partial charge < -0.3 is 9.30 Å². The van der Waals surface area contributed by atoms with Crippen molar-refractivity contribution < 1.29 is 35.9 Å². The van der Waals surface area contributed by atoms with E-state index in [1.54, 1.807) is 13.3 Å². The molecule has 0 N–H and O–H groups in total. The number of hydrogen-bond acceptors (Lipinski definition) is 3. The molecule has 2 aromatic rings. The normalized spacial score (nSPS) is 12.2. The van der Waals surface area contributed by atoms with E-state index in [9.17, 15) is 0 Å². The summed E-state index contributed by atoms with van der Waals surface area (Å²) >= 11 is 0. The second-order valence-electron chi connectivity index (χ2n) is 4.00. The minimum absolute atomic E-state index is 0. The van der Waals surface area contributed by atoms with Gasteiger partial charge in [-0.25, -0.2) is 0 Å². The molecule has 0 atom stereocenters. The van der Waals surface area contributed by atoms with Crippen molar-refractivity contribution in [3.8, 4) is 0 Å². The van der Waals surface area contributed by atoms with Gasteiger partial charge in [0.1, 0.15) is 5.88 Å². The summed E-state index contributed by atoms with van der Waals surface area (Å²) in [5.41, 5.74) is 2.79.